The molecule has 0 spiro atoms. The Balaban J connectivity index is 2.36. The highest BCUT2D eigenvalue weighted by Crippen LogP contribution is 2.35. The minimum atomic E-state index is -0.342. The van der Waals surface area contributed by atoms with Crippen molar-refractivity contribution in [2.75, 3.05) is 18.5 Å². The molecule has 118 valence electrons. The fourth-order valence-corrected chi connectivity index (χ4v) is 3.04. The third-order valence-electron chi connectivity index (χ3n) is 2.82. The lowest BCUT2D eigenvalue weighted by Crippen LogP contribution is -2.25. The van der Waals surface area contributed by atoms with Gasteiger partial charge in [-0.25, -0.2) is 9.78 Å². The molecule has 5 nitrogen and oxygen atoms in total. The molecule has 7 heteroatoms. The number of aromatic nitrogens is 1. The van der Waals surface area contributed by atoms with Gasteiger partial charge in [0.05, 0.1) is 12.3 Å². The van der Waals surface area contributed by atoms with E-state index in [1.54, 1.807) is 19.2 Å². The standard InChI is InChI=1S/C15H18ClN3O2S/c1-3-21-15(20)14-11(19-8-9(2)17)7-12(22-14)10-4-5-18-13(16)6-10/h4-7,9,19H,3,8,17H2,1-2H3. The molecule has 1 atom stereocenters. The van der Waals surface area contributed by atoms with Crippen LogP contribution in [-0.4, -0.2) is 30.1 Å². The van der Waals surface area contributed by atoms with E-state index in [0.29, 0.717) is 23.2 Å². The van der Waals surface area contributed by atoms with Crippen molar-refractivity contribution in [1.82, 2.24) is 4.98 Å². The Morgan fingerprint density at radius 2 is 2.32 bits per heavy atom. The third-order valence-corrected chi connectivity index (χ3v) is 4.19. The number of halogens is 1. The van der Waals surface area contributed by atoms with Gasteiger partial charge in [0.25, 0.3) is 0 Å². The number of rotatable bonds is 6. The summed E-state index contributed by atoms with van der Waals surface area (Å²) in [5.41, 5.74) is 7.39. The molecule has 0 aliphatic carbocycles. The average Bonchev–Trinajstić information content (AvgIpc) is 2.89. The summed E-state index contributed by atoms with van der Waals surface area (Å²) in [4.78, 5) is 17.5. The van der Waals surface area contributed by atoms with Crippen LogP contribution in [0.1, 0.15) is 23.5 Å². The van der Waals surface area contributed by atoms with Gasteiger partial charge in [0.2, 0.25) is 0 Å². The lowest BCUT2D eigenvalue weighted by atomic mass is 10.2. The minimum absolute atomic E-state index is 0.0197. The van der Waals surface area contributed by atoms with Crippen molar-refractivity contribution in [1.29, 1.82) is 0 Å². The number of anilines is 1. The van der Waals surface area contributed by atoms with Crippen LogP contribution in [-0.2, 0) is 4.74 Å². The molecule has 0 radical (unpaired) electrons. The van der Waals surface area contributed by atoms with Gasteiger partial charge in [0.15, 0.2) is 0 Å². The highest BCUT2D eigenvalue weighted by atomic mass is 35.5. The molecule has 0 aliphatic heterocycles. The minimum Gasteiger partial charge on any atom is -0.462 e. The molecule has 2 heterocycles. The van der Waals surface area contributed by atoms with E-state index < -0.39 is 0 Å². The topological polar surface area (TPSA) is 77.2 Å². The van der Waals surface area contributed by atoms with Crippen LogP contribution in [0.25, 0.3) is 10.4 Å². The normalized spacial score (nSPS) is 12.0. The van der Waals surface area contributed by atoms with Crippen molar-refractivity contribution in [3.05, 3.63) is 34.4 Å². The maximum atomic E-state index is 12.1. The number of ether oxygens (including phenoxy) is 1. The molecule has 2 rings (SSSR count). The van der Waals surface area contributed by atoms with Gasteiger partial charge in [0, 0.05) is 23.7 Å². The highest BCUT2D eigenvalue weighted by Gasteiger charge is 2.18. The molecule has 0 bridgehead atoms. The maximum absolute atomic E-state index is 12.1. The number of carbonyl (C=O) groups is 1. The van der Waals surface area contributed by atoms with Gasteiger partial charge >= 0.3 is 5.97 Å². The molecule has 0 saturated carbocycles. The Labute approximate surface area is 138 Å². The van der Waals surface area contributed by atoms with Gasteiger partial charge in [-0.2, -0.15) is 0 Å². The van der Waals surface area contributed by atoms with Crippen molar-refractivity contribution in [2.45, 2.75) is 19.9 Å². The summed E-state index contributed by atoms with van der Waals surface area (Å²) >= 11 is 7.28. The smallest absolute Gasteiger partial charge is 0.350 e. The van der Waals surface area contributed by atoms with Crippen molar-refractivity contribution in [2.24, 2.45) is 5.73 Å². The van der Waals surface area contributed by atoms with Gasteiger partial charge in [0.1, 0.15) is 10.0 Å². The predicted molar refractivity (Wildman–Crippen MR) is 90.7 cm³/mol. The van der Waals surface area contributed by atoms with Crippen molar-refractivity contribution in [3.8, 4) is 10.4 Å². The number of hydrogen-bond acceptors (Lipinski definition) is 6. The molecule has 22 heavy (non-hydrogen) atoms. The summed E-state index contributed by atoms with van der Waals surface area (Å²) in [7, 11) is 0. The second-order valence-electron chi connectivity index (χ2n) is 4.80. The van der Waals surface area contributed by atoms with Crippen molar-refractivity contribution in [3.63, 3.8) is 0 Å². The molecule has 2 aromatic rings. The van der Waals surface area contributed by atoms with Crippen LogP contribution in [0.4, 0.5) is 5.69 Å². The monoisotopic (exact) mass is 339 g/mol. The largest absolute Gasteiger partial charge is 0.462 e. The van der Waals surface area contributed by atoms with Gasteiger partial charge < -0.3 is 15.8 Å². The van der Waals surface area contributed by atoms with Crippen LogP contribution in [0, 0.1) is 0 Å². The summed E-state index contributed by atoms with van der Waals surface area (Å²) in [5, 5.41) is 3.60. The number of nitrogens with one attached hydrogen (secondary N) is 1. The molecule has 0 aliphatic rings. The van der Waals surface area contributed by atoms with Gasteiger partial charge in [-0.15, -0.1) is 11.3 Å². The molecule has 0 fully saturated rings. The van der Waals surface area contributed by atoms with E-state index >= 15 is 0 Å². The Morgan fingerprint density at radius 3 is 2.95 bits per heavy atom. The second-order valence-corrected chi connectivity index (χ2v) is 6.24. The fraction of sp³-hybridized carbons (Fsp3) is 0.333. The van der Waals surface area contributed by atoms with Crippen LogP contribution in [0.2, 0.25) is 5.15 Å². The number of hydrogen-bond donors (Lipinski definition) is 2. The predicted octanol–water partition coefficient (Wildman–Crippen LogP) is 3.40. The average molecular weight is 340 g/mol. The van der Waals surface area contributed by atoms with E-state index in [-0.39, 0.29) is 12.0 Å². The maximum Gasteiger partial charge on any atom is 0.350 e. The first kappa shape index (κ1) is 16.7. The van der Waals surface area contributed by atoms with Crippen LogP contribution in [0.3, 0.4) is 0 Å². The molecule has 0 saturated heterocycles. The first-order chi connectivity index (χ1) is 10.5. The molecule has 0 amide bonds. The molecule has 1 unspecified atom stereocenters. The van der Waals surface area contributed by atoms with Crippen molar-refractivity contribution >= 4 is 34.6 Å². The molecule has 2 aromatic heterocycles. The summed E-state index contributed by atoms with van der Waals surface area (Å²) < 4.78 is 5.11. The number of pyridine rings is 1. The van der Waals surface area contributed by atoms with Gasteiger partial charge in [-0.3, -0.25) is 0 Å². The highest BCUT2D eigenvalue weighted by molar-refractivity contribution is 7.18. The van der Waals surface area contributed by atoms with Crippen LogP contribution < -0.4 is 11.1 Å². The zero-order chi connectivity index (χ0) is 16.1. The van der Waals surface area contributed by atoms with E-state index in [1.807, 2.05) is 19.1 Å². The lowest BCUT2D eigenvalue weighted by molar-refractivity contribution is 0.0533. The SMILES string of the molecule is CCOC(=O)c1sc(-c2ccnc(Cl)c2)cc1NCC(C)N. The first-order valence-electron chi connectivity index (χ1n) is 6.93. The summed E-state index contributed by atoms with van der Waals surface area (Å²) in [5.74, 6) is -0.342. The van der Waals surface area contributed by atoms with Crippen molar-refractivity contribution < 1.29 is 9.53 Å². The number of nitrogens with zero attached hydrogens (tertiary/aromatic N) is 1. The van der Waals surface area contributed by atoms with Crippen LogP contribution in [0.15, 0.2) is 24.4 Å². The summed E-state index contributed by atoms with van der Waals surface area (Å²) in [6.45, 7) is 4.58. The molecular weight excluding hydrogens is 322 g/mol. The van der Waals surface area contributed by atoms with Gasteiger partial charge in [-0.1, -0.05) is 11.6 Å². The van der Waals surface area contributed by atoms with E-state index in [2.05, 4.69) is 10.3 Å². The number of thiophene rings is 1. The van der Waals surface area contributed by atoms with Crippen LogP contribution >= 0.6 is 22.9 Å². The van der Waals surface area contributed by atoms with Gasteiger partial charge in [-0.05, 0) is 37.6 Å². The van der Waals surface area contributed by atoms with E-state index in [9.17, 15) is 4.79 Å². The number of esters is 1. The summed E-state index contributed by atoms with van der Waals surface area (Å²) in [6.07, 6.45) is 1.64. The Morgan fingerprint density at radius 1 is 1.55 bits per heavy atom. The number of carbonyl (C=O) groups excluding carboxylic acids is 1. The third kappa shape index (κ3) is 4.19. The molecule has 0 aromatic carbocycles. The van der Waals surface area contributed by atoms with E-state index in [1.165, 1.54) is 11.3 Å². The zero-order valence-electron chi connectivity index (χ0n) is 12.4. The van der Waals surface area contributed by atoms with E-state index in [4.69, 9.17) is 22.1 Å². The zero-order valence-corrected chi connectivity index (χ0v) is 14.0. The quantitative estimate of drug-likeness (QED) is 0.623. The summed E-state index contributed by atoms with van der Waals surface area (Å²) in [6, 6.07) is 5.50. The first-order valence-corrected chi connectivity index (χ1v) is 8.13. The number of nitrogens with two attached hydrogens (primary N) is 1. The van der Waals surface area contributed by atoms with Crippen LogP contribution in [0.5, 0.6) is 0 Å². The Hall–Kier alpha value is -1.63. The Bertz CT molecular complexity index is 658. The van der Waals surface area contributed by atoms with E-state index in [0.717, 1.165) is 16.1 Å². The second kappa shape index (κ2) is 7.58. The molecular formula is C15H18ClN3O2S. The fourth-order valence-electron chi connectivity index (χ4n) is 1.84. The Kier molecular flexibility index (Phi) is 5.76. The molecule has 3 N–H and O–H groups in total. The lowest BCUT2D eigenvalue weighted by Gasteiger charge is -2.09.